The number of hydrogen-bond acceptors (Lipinski definition) is 12. The second-order valence-electron chi connectivity index (χ2n) is 13.0. The van der Waals surface area contributed by atoms with Gasteiger partial charge in [0.2, 0.25) is 6.61 Å². The van der Waals surface area contributed by atoms with E-state index in [1.165, 1.54) is 19.2 Å². The van der Waals surface area contributed by atoms with Gasteiger partial charge in [0, 0.05) is 5.38 Å². The molecule has 1 saturated heterocycles. The average Bonchev–Trinajstić information content (AvgIpc) is 3.52. The predicted octanol–water partition coefficient (Wildman–Crippen LogP) is 4.15. The van der Waals surface area contributed by atoms with Crippen LogP contribution in [0.15, 0.2) is 102 Å². The molecule has 1 atom stereocenters. The predicted molar refractivity (Wildman–Crippen MR) is 189 cm³/mol. The largest absolute Gasteiger partial charge is 0.457 e. The number of oxime groups is 1. The molecule has 2 heterocycles. The Balaban J connectivity index is 1.57. The highest BCUT2D eigenvalue weighted by Crippen LogP contribution is 2.41. The van der Waals surface area contributed by atoms with Gasteiger partial charge in [0.25, 0.3) is 17.5 Å². The summed E-state index contributed by atoms with van der Waals surface area (Å²) in [4.78, 5) is 48.9. The lowest BCUT2D eigenvalue weighted by Crippen LogP contribution is -2.86. The Morgan fingerprint density at radius 2 is 1.43 bits per heavy atom. The van der Waals surface area contributed by atoms with E-state index in [0.29, 0.717) is 5.13 Å². The van der Waals surface area contributed by atoms with Crippen LogP contribution in [-0.4, -0.2) is 64.9 Å². The minimum Gasteiger partial charge on any atom is -0.457 e. The molecule has 14 nitrogen and oxygen atoms in total. The lowest BCUT2D eigenvalue weighted by atomic mass is 9.77. The van der Waals surface area contributed by atoms with Crippen molar-refractivity contribution < 1.29 is 41.1 Å². The molecule has 1 aromatic heterocycles. The standard InChI is InChI=1S/C35H37N5O9S2/c1-32(2,3)48-27(41)21-47-40-28(29(42)37-35(49-51(44,45)46)30(43)38-33(35,4)5)26-22-50-31(36-26)39-34(23-15-9-6-10-16-23,24-17-11-7-12-18-24)25-19-13-8-14-20-25/h6-20,22H,21H2,1-5H3,(H,36,39)(H,37,42)(H,38,43)(H,44,45,46)/b40-28-/t35-/m1/s1. The molecule has 4 aromatic rings. The molecule has 4 N–H and O–H groups in total. The number of thiazole rings is 1. The zero-order valence-electron chi connectivity index (χ0n) is 28.4. The van der Waals surface area contributed by atoms with Crippen LogP contribution in [0.25, 0.3) is 0 Å². The van der Waals surface area contributed by atoms with Gasteiger partial charge in [0.05, 0.1) is 5.54 Å². The maximum absolute atomic E-state index is 13.9. The zero-order valence-corrected chi connectivity index (χ0v) is 30.0. The number of esters is 1. The van der Waals surface area contributed by atoms with Gasteiger partial charge < -0.3 is 25.5 Å². The maximum Gasteiger partial charge on any atom is 0.400 e. The van der Waals surface area contributed by atoms with Crippen molar-refractivity contribution in [2.75, 3.05) is 11.9 Å². The van der Waals surface area contributed by atoms with Crippen LogP contribution < -0.4 is 16.0 Å². The number of ether oxygens (including phenoxy) is 1. The summed E-state index contributed by atoms with van der Waals surface area (Å²) in [6.07, 6.45) is 0. The minimum absolute atomic E-state index is 0.0631. The number of nitrogens with one attached hydrogen (secondary N) is 3. The normalized spacial score (nSPS) is 17.5. The van der Waals surface area contributed by atoms with Crippen molar-refractivity contribution in [2.45, 2.75) is 57.0 Å². The van der Waals surface area contributed by atoms with Crippen LogP contribution in [0.1, 0.15) is 57.0 Å². The number of anilines is 1. The van der Waals surface area contributed by atoms with Crippen molar-refractivity contribution in [1.82, 2.24) is 15.6 Å². The Hall–Kier alpha value is -5.16. The van der Waals surface area contributed by atoms with Gasteiger partial charge in [-0.15, -0.1) is 11.3 Å². The van der Waals surface area contributed by atoms with Gasteiger partial charge in [-0.05, 0) is 51.3 Å². The summed E-state index contributed by atoms with van der Waals surface area (Å²) < 4.78 is 43.2. The highest BCUT2D eigenvalue weighted by Gasteiger charge is 2.66. The van der Waals surface area contributed by atoms with Gasteiger partial charge >= 0.3 is 16.4 Å². The molecule has 1 fully saturated rings. The summed E-state index contributed by atoms with van der Waals surface area (Å²) in [6, 6.07) is 29.1. The third-order valence-corrected chi connectivity index (χ3v) is 9.00. The van der Waals surface area contributed by atoms with E-state index >= 15 is 0 Å². The Bertz CT molecular complexity index is 1930. The number of amides is 2. The molecule has 1 aliphatic heterocycles. The smallest absolute Gasteiger partial charge is 0.400 e. The molecule has 16 heteroatoms. The van der Waals surface area contributed by atoms with Crippen LogP contribution in [0.4, 0.5) is 5.13 Å². The third kappa shape index (κ3) is 8.09. The molecule has 3 aromatic carbocycles. The van der Waals surface area contributed by atoms with Crippen molar-refractivity contribution in [2.24, 2.45) is 5.16 Å². The lowest BCUT2D eigenvalue weighted by molar-refractivity contribution is -0.175. The van der Waals surface area contributed by atoms with Gasteiger partial charge in [-0.2, -0.15) is 8.42 Å². The highest BCUT2D eigenvalue weighted by molar-refractivity contribution is 7.81. The summed E-state index contributed by atoms with van der Waals surface area (Å²) in [5, 5.41) is 14.0. The second kappa shape index (κ2) is 14.2. The third-order valence-electron chi connectivity index (χ3n) is 7.78. The van der Waals surface area contributed by atoms with Crippen molar-refractivity contribution in [3.8, 4) is 0 Å². The van der Waals surface area contributed by atoms with Crippen LogP contribution in [0.3, 0.4) is 0 Å². The van der Waals surface area contributed by atoms with E-state index in [4.69, 9.17) is 13.8 Å². The van der Waals surface area contributed by atoms with Crippen molar-refractivity contribution in [3.05, 3.63) is 119 Å². The molecule has 268 valence electrons. The summed E-state index contributed by atoms with van der Waals surface area (Å²) in [7, 11) is -5.25. The number of carbonyl (C=O) groups is 3. The fraction of sp³-hybridized carbons (Fsp3) is 0.286. The van der Waals surface area contributed by atoms with Crippen LogP contribution in [0.2, 0.25) is 0 Å². The number of rotatable bonds is 13. The van der Waals surface area contributed by atoms with E-state index in [-0.39, 0.29) is 5.69 Å². The summed E-state index contributed by atoms with van der Waals surface area (Å²) in [6.45, 7) is 7.04. The SMILES string of the molecule is CC(C)(C)OC(=O)CO/N=C(\C(=O)N[C@@]1(OS(=O)(=O)O)C(=O)NC1(C)C)c1csc(NC(c2ccccc2)(c2ccccc2)c2ccccc2)n1. The first-order chi connectivity index (χ1) is 24.0. The van der Waals surface area contributed by atoms with E-state index < -0.39 is 62.9 Å². The molecule has 0 spiro atoms. The Morgan fingerprint density at radius 1 is 0.922 bits per heavy atom. The van der Waals surface area contributed by atoms with Gasteiger partial charge in [-0.25, -0.2) is 14.0 Å². The van der Waals surface area contributed by atoms with E-state index in [1.54, 1.807) is 20.8 Å². The van der Waals surface area contributed by atoms with Crippen molar-refractivity contribution in [1.29, 1.82) is 0 Å². The van der Waals surface area contributed by atoms with Gasteiger partial charge in [0.1, 0.15) is 16.8 Å². The molecule has 5 rings (SSSR count). The van der Waals surface area contributed by atoms with Crippen molar-refractivity contribution in [3.63, 3.8) is 0 Å². The molecule has 2 amide bonds. The fourth-order valence-corrected chi connectivity index (χ4v) is 6.93. The topological polar surface area (TPSA) is 195 Å². The molecule has 0 radical (unpaired) electrons. The van der Waals surface area contributed by atoms with E-state index in [9.17, 15) is 27.4 Å². The summed E-state index contributed by atoms with van der Waals surface area (Å²) >= 11 is 1.13. The summed E-state index contributed by atoms with van der Waals surface area (Å²) in [5.41, 5.74) is -3.83. The Morgan fingerprint density at radius 3 is 1.86 bits per heavy atom. The number of hydrogen-bond donors (Lipinski definition) is 4. The lowest BCUT2D eigenvalue weighted by Gasteiger charge is -2.52. The summed E-state index contributed by atoms with van der Waals surface area (Å²) in [5.74, 6) is -3.00. The van der Waals surface area contributed by atoms with Crippen LogP contribution >= 0.6 is 11.3 Å². The quantitative estimate of drug-likeness (QED) is 0.0293. The molecule has 0 saturated carbocycles. The number of benzene rings is 3. The van der Waals surface area contributed by atoms with Crippen LogP contribution in [-0.2, 0) is 44.1 Å². The number of carbonyl (C=O) groups excluding carboxylic acids is 3. The molecular formula is C35H37N5O9S2. The van der Waals surface area contributed by atoms with E-state index in [0.717, 1.165) is 28.0 Å². The maximum atomic E-state index is 13.9. The number of nitrogens with zero attached hydrogens (tertiary/aromatic N) is 2. The molecule has 0 aliphatic carbocycles. The van der Waals surface area contributed by atoms with Gasteiger partial charge in [0.15, 0.2) is 10.8 Å². The Kier molecular flexibility index (Phi) is 10.3. The molecule has 1 aliphatic rings. The van der Waals surface area contributed by atoms with Gasteiger partial charge in [-0.1, -0.05) is 96.2 Å². The monoisotopic (exact) mass is 735 g/mol. The van der Waals surface area contributed by atoms with Crippen molar-refractivity contribution >= 4 is 50.4 Å². The highest BCUT2D eigenvalue weighted by atomic mass is 32.3. The first-order valence-corrected chi connectivity index (χ1v) is 17.9. The number of β-lactam (4-membered cyclic amide) rings is 1. The van der Waals surface area contributed by atoms with Gasteiger partial charge in [-0.3, -0.25) is 14.1 Å². The van der Waals surface area contributed by atoms with Crippen LogP contribution in [0.5, 0.6) is 0 Å². The molecule has 0 unspecified atom stereocenters. The first kappa shape index (κ1) is 37.1. The first-order valence-electron chi connectivity index (χ1n) is 15.6. The van der Waals surface area contributed by atoms with Crippen LogP contribution in [0, 0.1) is 0 Å². The average molecular weight is 736 g/mol. The molecular weight excluding hydrogens is 699 g/mol. The Labute approximate surface area is 299 Å². The minimum atomic E-state index is -5.25. The molecule has 51 heavy (non-hydrogen) atoms. The van der Waals surface area contributed by atoms with E-state index in [1.807, 2.05) is 91.0 Å². The number of aromatic nitrogens is 1. The fourth-order valence-electron chi connectivity index (χ4n) is 5.54. The second-order valence-corrected chi connectivity index (χ2v) is 14.9. The molecule has 0 bridgehead atoms. The zero-order chi connectivity index (χ0) is 37.1. The van der Waals surface area contributed by atoms with E-state index in [2.05, 4.69) is 26.1 Å².